The van der Waals surface area contributed by atoms with Crippen LogP contribution in [0.15, 0.2) is 24.3 Å². The molecular weight excluding hydrogens is 414 g/mol. The largest absolute Gasteiger partial charge is 0.484 e. The van der Waals surface area contributed by atoms with Gasteiger partial charge in [-0.15, -0.1) is 0 Å². The summed E-state index contributed by atoms with van der Waals surface area (Å²) in [5.41, 5.74) is 4.98. The summed E-state index contributed by atoms with van der Waals surface area (Å²) in [5.74, 6) is -1.58. The minimum absolute atomic E-state index is 0.0659. The molecule has 0 aliphatic heterocycles. The fourth-order valence-corrected chi connectivity index (χ4v) is 2.10. The van der Waals surface area contributed by atoms with Crippen molar-refractivity contribution in [1.82, 2.24) is 16.2 Å². The second-order valence-corrected chi connectivity index (χ2v) is 6.21. The van der Waals surface area contributed by atoms with Gasteiger partial charge in [-0.05, 0) is 49.8 Å². The van der Waals surface area contributed by atoms with E-state index in [2.05, 4.69) is 16.2 Å². The molecule has 1 rings (SSSR count). The molecule has 164 valence electrons. The lowest BCUT2D eigenvalue weighted by Crippen LogP contribution is -2.49. The Balaban J connectivity index is 2.25. The van der Waals surface area contributed by atoms with Crippen LogP contribution < -0.4 is 20.9 Å². The van der Waals surface area contributed by atoms with E-state index >= 15 is 0 Å². The van der Waals surface area contributed by atoms with Gasteiger partial charge in [-0.3, -0.25) is 25.2 Å². The molecule has 11 heteroatoms. The molecule has 2 amide bonds. The van der Waals surface area contributed by atoms with Crippen LogP contribution in [0.4, 0.5) is 0 Å². The van der Waals surface area contributed by atoms with Crippen molar-refractivity contribution in [3.63, 3.8) is 0 Å². The Hall–Kier alpha value is -3.21. The summed E-state index contributed by atoms with van der Waals surface area (Å²) >= 11 is 4.88. The molecule has 0 heterocycles. The van der Waals surface area contributed by atoms with Crippen molar-refractivity contribution in [2.45, 2.75) is 33.1 Å². The van der Waals surface area contributed by atoms with Gasteiger partial charge in [0.15, 0.2) is 11.7 Å². The third-order valence-electron chi connectivity index (χ3n) is 3.33. The van der Waals surface area contributed by atoms with Crippen LogP contribution >= 0.6 is 12.2 Å². The molecular formula is C19H25N3O7S. The molecule has 0 saturated carbocycles. The van der Waals surface area contributed by atoms with Crippen LogP contribution in [0.1, 0.15) is 43.5 Å². The Labute approximate surface area is 179 Å². The molecule has 0 unspecified atom stereocenters. The molecule has 0 saturated heterocycles. The van der Waals surface area contributed by atoms with Crippen molar-refractivity contribution in [2.24, 2.45) is 0 Å². The molecule has 0 aliphatic rings. The number of esters is 2. The van der Waals surface area contributed by atoms with E-state index in [9.17, 15) is 19.2 Å². The van der Waals surface area contributed by atoms with Crippen molar-refractivity contribution in [3.8, 4) is 5.75 Å². The Kier molecular flexibility index (Phi) is 11.5. The predicted octanol–water partition coefficient (Wildman–Crippen LogP) is 0.997. The molecule has 30 heavy (non-hydrogen) atoms. The lowest BCUT2D eigenvalue weighted by molar-refractivity contribution is -0.144. The highest BCUT2D eigenvalue weighted by molar-refractivity contribution is 7.80. The van der Waals surface area contributed by atoms with Crippen molar-refractivity contribution < 1.29 is 33.4 Å². The maximum absolute atomic E-state index is 11.8. The van der Waals surface area contributed by atoms with Crippen LogP contribution in [-0.4, -0.2) is 48.7 Å². The first-order chi connectivity index (χ1) is 14.3. The zero-order valence-corrected chi connectivity index (χ0v) is 17.6. The van der Waals surface area contributed by atoms with Crippen LogP contribution in [-0.2, 0) is 23.9 Å². The summed E-state index contributed by atoms with van der Waals surface area (Å²) in [6.45, 7) is 3.84. The number of rotatable bonds is 10. The number of carbonyl (C=O) groups excluding carboxylic acids is 4. The van der Waals surface area contributed by atoms with Gasteiger partial charge >= 0.3 is 11.9 Å². The maximum Gasteiger partial charge on any atom is 0.338 e. The summed E-state index contributed by atoms with van der Waals surface area (Å²) in [7, 11) is 0. The lowest BCUT2D eigenvalue weighted by atomic mass is 10.2. The third-order valence-corrected chi connectivity index (χ3v) is 3.53. The summed E-state index contributed by atoms with van der Waals surface area (Å²) in [6.07, 6.45) is 0.543. The average molecular weight is 439 g/mol. The van der Waals surface area contributed by atoms with Crippen LogP contribution in [0, 0.1) is 0 Å². The van der Waals surface area contributed by atoms with Crippen molar-refractivity contribution in [3.05, 3.63) is 29.8 Å². The highest BCUT2D eigenvalue weighted by atomic mass is 32.1. The molecule has 1 aromatic rings. The van der Waals surface area contributed by atoms with Crippen LogP contribution in [0.2, 0.25) is 0 Å². The van der Waals surface area contributed by atoms with Gasteiger partial charge in [0, 0.05) is 6.42 Å². The Morgan fingerprint density at radius 1 is 0.933 bits per heavy atom. The Morgan fingerprint density at radius 3 is 2.27 bits per heavy atom. The number of thiocarbonyl (C=S) groups is 1. The van der Waals surface area contributed by atoms with E-state index < -0.39 is 23.8 Å². The molecule has 0 atom stereocenters. The summed E-state index contributed by atoms with van der Waals surface area (Å²) < 4.78 is 15.0. The van der Waals surface area contributed by atoms with E-state index in [4.69, 9.17) is 26.4 Å². The number of hydrogen-bond donors (Lipinski definition) is 3. The fraction of sp³-hybridized carbons (Fsp3) is 0.421. The standard InChI is InChI=1S/C19H25N3O7S/c1-3-11-28-17(25)10-9-15(23)20-19(30)22-21-16(24)12-29-14-7-5-13(6-8-14)18(26)27-4-2/h5-8H,3-4,9-12H2,1-2H3,(H,21,24)(H2,20,22,23,30). The van der Waals surface area contributed by atoms with E-state index in [0.717, 1.165) is 0 Å². The molecule has 0 fully saturated rings. The summed E-state index contributed by atoms with van der Waals surface area (Å²) in [5, 5.41) is 2.19. The molecule has 10 nitrogen and oxygen atoms in total. The van der Waals surface area contributed by atoms with E-state index in [1.807, 2.05) is 6.92 Å². The fourth-order valence-electron chi connectivity index (χ4n) is 1.94. The van der Waals surface area contributed by atoms with E-state index in [-0.39, 0.29) is 31.2 Å². The first kappa shape index (κ1) is 24.8. The zero-order valence-electron chi connectivity index (χ0n) is 16.8. The number of ether oxygens (including phenoxy) is 3. The molecule has 0 aliphatic carbocycles. The predicted molar refractivity (Wildman–Crippen MR) is 110 cm³/mol. The molecule has 1 aromatic carbocycles. The van der Waals surface area contributed by atoms with Crippen molar-refractivity contribution >= 4 is 41.1 Å². The van der Waals surface area contributed by atoms with Crippen LogP contribution in [0.5, 0.6) is 5.75 Å². The highest BCUT2D eigenvalue weighted by Crippen LogP contribution is 2.12. The first-order valence-corrected chi connectivity index (χ1v) is 9.70. The smallest absolute Gasteiger partial charge is 0.338 e. The molecule has 0 spiro atoms. The quantitative estimate of drug-likeness (QED) is 0.277. The number of carbonyl (C=O) groups is 4. The molecule has 0 bridgehead atoms. The highest BCUT2D eigenvalue weighted by Gasteiger charge is 2.10. The topological polar surface area (TPSA) is 132 Å². The van der Waals surface area contributed by atoms with Crippen molar-refractivity contribution in [2.75, 3.05) is 19.8 Å². The summed E-state index contributed by atoms with van der Waals surface area (Å²) in [4.78, 5) is 46.4. The number of benzene rings is 1. The van der Waals surface area contributed by atoms with Gasteiger partial charge in [-0.1, -0.05) is 6.92 Å². The minimum Gasteiger partial charge on any atom is -0.484 e. The first-order valence-electron chi connectivity index (χ1n) is 9.30. The van der Waals surface area contributed by atoms with Gasteiger partial charge in [0.2, 0.25) is 5.91 Å². The SMILES string of the molecule is CCCOC(=O)CCC(=O)NC(=S)NNC(=O)COc1ccc(C(=O)OCC)cc1. The zero-order chi connectivity index (χ0) is 22.4. The minimum atomic E-state index is -0.552. The third kappa shape index (κ3) is 10.4. The normalized spacial score (nSPS) is 9.80. The van der Waals surface area contributed by atoms with Gasteiger partial charge in [-0.2, -0.15) is 0 Å². The summed E-state index contributed by atoms with van der Waals surface area (Å²) in [6, 6.07) is 6.10. The number of hydrazine groups is 1. The molecule has 0 aromatic heterocycles. The van der Waals surface area contributed by atoms with Gasteiger partial charge in [0.05, 0.1) is 25.2 Å². The number of amides is 2. The molecule has 3 N–H and O–H groups in total. The van der Waals surface area contributed by atoms with E-state index in [1.165, 1.54) is 24.3 Å². The molecule has 0 radical (unpaired) electrons. The number of nitrogens with one attached hydrogen (secondary N) is 3. The lowest BCUT2D eigenvalue weighted by Gasteiger charge is -2.11. The maximum atomic E-state index is 11.8. The van der Waals surface area contributed by atoms with Crippen LogP contribution in [0.3, 0.4) is 0 Å². The van der Waals surface area contributed by atoms with E-state index in [1.54, 1.807) is 6.92 Å². The Bertz CT molecular complexity index is 753. The second kappa shape index (κ2) is 13.9. The van der Waals surface area contributed by atoms with Gasteiger partial charge in [0.1, 0.15) is 5.75 Å². The Morgan fingerprint density at radius 2 is 1.63 bits per heavy atom. The second-order valence-electron chi connectivity index (χ2n) is 5.80. The van der Waals surface area contributed by atoms with Gasteiger partial charge in [0.25, 0.3) is 5.91 Å². The van der Waals surface area contributed by atoms with Crippen molar-refractivity contribution in [1.29, 1.82) is 0 Å². The van der Waals surface area contributed by atoms with E-state index in [0.29, 0.717) is 24.3 Å². The monoisotopic (exact) mass is 439 g/mol. The average Bonchev–Trinajstić information content (AvgIpc) is 2.73. The number of hydrogen-bond acceptors (Lipinski definition) is 8. The van der Waals surface area contributed by atoms with Gasteiger partial charge < -0.3 is 19.5 Å². The van der Waals surface area contributed by atoms with Crippen LogP contribution in [0.25, 0.3) is 0 Å². The van der Waals surface area contributed by atoms with Gasteiger partial charge in [-0.25, -0.2) is 4.79 Å².